The van der Waals surface area contributed by atoms with Crippen LogP contribution in [0, 0.1) is 12.8 Å². The molecular weight excluding hydrogens is 322 g/mol. The molecular formula is C18H25N3O4. The number of pyridine rings is 1. The van der Waals surface area contributed by atoms with Gasteiger partial charge in [0, 0.05) is 5.69 Å². The summed E-state index contributed by atoms with van der Waals surface area (Å²) in [6.45, 7) is 9.68. The highest BCUT2D eigenvalue weighted by Gasteiger charge is 2.26. The van der Waals surface area contributed by atoms with Crippen LogP contribution in [-0.4, -0.2) is 35.2 Å². The Bertz CT molecular complexity index is 780. The van der Waals surface area contributed by atoms with E-state index in [1.165, 1.54) is 7.11 Å². The van der Waals surface area contributed by atoms with Gasteiger partial charge in [-0.25, -0.2) is 9.78 Å². The number of fused-ring (bicyclic) bond motifs is 1. The van der Waals surface area contributed by atoms with Gasteiger partial charge in [-0.2, -0.15) is 0 Å². The Labute approximate surface area is 147 Å². The van der Waals surface area contributed by atoms with Crippen molar-refractivity contribution < 1.29 is 18.8 Å². The molecule has 0 bridgehead atoms. The van der Waals surface area contributed by atoms with Gasteiger partial charge in [0.1, 0.15) is 6.04 Å². The predicted octanol–water partition coefficient (Wildman–Crippen LogP) is 2.97. The number of esters is 1. The molecule has 1 unspecified atom stereocenters. The number of nitrogens with zero attached hydrogens (tertiary/aromatic N) is 2. The first-order chi connectivity index (χ1) is 11.7. The summed E-state index contributed by atoms with van der Waals surface area (Å²) in [5, 5.41) is 7.25. The fourth-order valence-corrected chi connectivity index (χ4v) is 2.65. The highest BCUT2D eigenvalue weighted by molar-refractivity contribution is 6.07. The second-order valence-electron chi connectivity index (χ2n) is 6.88. The van der Waals surface area contributed by atoms with Crippen LogP contribution in [0.15, 0.2) is 10.6 Å². The number of hydrogen-bond donors (Lipinski definition) is 1. The van der Waals surface area contributed by atoms with Crippen molar-refractivity contribution in [3.8, 4) is 0 Å². The van der Waals surface area contributed by atoms with Crippen LogP contribution in [0.4, 0.5) is 0 Å². The fourth-order valence-electron chi connectivity index (χ4n) is 2.65. The zero-order chi connectivity index (χ0) is 18.7. The molecule has 0 aromatic carbocycles. The zero-order valence-corrected chi connectivity index (χ0v) is 15.5. The number of methoxy groups -OCH3 is 1. The summed E-state index contributed by atoms with van der Waals surface area (Å²) >= 11 is 0. The van der Waals surface area contributed by atoms with Gasteiger partial charge in [0.05, 0.1) is 23.8 Å². The largest absolute Gasteiger partial charge is 0.467 e. The molecule has 0 fully saturated rings. The second-order valence-corrected chi connectivity index (χ2v) is 6.88. The number of ether oxygens (including phenoxy) is 1. The number of aryl methyl sites for hydroxylation is 1. The van der Waals surface area contributed by atoms with Gasteiger partial charge in [-0.3, -0.25) is 4.79 Å². The number of amides is 1. The molecule has 7 heteroatoms. The molecule has 25 heavy (non-hydrogen) atoms. The normalized spacial score (nSPS) is 12.6. The van der Waals surface area contributed by atoms with Crippen molar-refractivity contribution in [1.29, 1.82) is 0 Å². The third kappa shape index (κ3) is 4.15. The molecule has 0 saturated heterocycles. The quantitative estimate of drug-likeness (QED) is 0.807. The average Bonchev–Trinajstić information content (AvgIpc) is 2.93. The molecule has 2 aromatic rings. The first kappa shape index (κ1) is 18.9. The summed E-state index contributed by atoms with van der Waals surface area (Å²) < 4.78 is 10.0. The molecule has 2 aromatic heterocycles. The van der Waals surface area contributed by atoms with Crippen LogP contribution in [0.1, 0.15) is 61.8 Å². The molecule has 1 atom stereocenters. The molecule has 1 N–H and O–H groups in total. The molecule has 2 rings (SSSR count). The van der Waals surface area contributed by atoms with E-state index in [1.54, 1.807) is 13.0 Å². The Morgan fingerprint density at radius 1 is 1.28 bits per heavy atom. The van der Waals surface area contributed by atoms with E-state index in [0.29, 0.717) is 28.8 Å². The molecule has 0 saturated carbocycles. The van der Waals surface area contributed by atoms with Crippen molar-refractivity contribution in [2.45, 2.75) is 53.0 Å². The summed E-state index contributed by atoms with van der Waals surface area (Å²) in [7, 11) is 1.31. The first-order valence-electron chi connectivity index (χ1n) is 8.40. The summed E-state index contributed by atoms with van der Waals surface area (Å²) in [5.41, 5.74) is 2.05. The third-order valence-electron chi connectivity index (χ3n) is 3.97. The standard InChI is InChI=1S/C18H25N3O4/c1-9(2)7-14(18(23)24-6)19-16(22)12-8-13(10(3)4)20-17-15(12)11(5)21-25-17/h8-10,14H,7H2,1-6H3,(H,19,22). The Hall–Kier alpha value is -2.44. The third-order valence-corrected chi connectivity index (χ3v) is 3.97. The highest BCUT2D eigenvalue weighted by Crippen LogP contribution is 2.25. The van der Waals surface area contributed by atoms with E-state index in [-0.39, 0.29) is 17.7 Å². The monoisotopic (exact) mass is 347 g/mol. The average molecular weight is 347 g/mol. The lowest BCUT2D eigenvalue weighted by molar-refractivity contribution is -0.143. The van der Waals surface area contributed by atoms with Gasteiger partial charge in [-0.05, 0) is 31.2 Å². The Morgan fingerprint density at radius 2 is 1.96 bits per heavy atom. The minimum atomic E-state index is -0.705. The molecule has 1 amide bonds. The minimum Gasteiger partial charge on any atom is -0.467 e. The van der Waals surface area contributed by atoms with Gasteiger partial charge >= 0.3 is 5.97 Å². The van der Waals surface area contributed by atoms with Crippen LogP contribution >= 0.6 is 0 Å². The van der Waals surface area contributed by atoms with E-state index < -0.39 is 12.0 Å². The van der Waals surface area contributed by atoms with Crippen molar-refractivity contribution in [2.75, 3.05) is 7.11 Å². The lowest BCUT2D eigenvalue weighted by atomic mass is 10.0. The summed E-state index contributed by atoms with van der Waals surface area (Å²) in [6.07, 6.45) is 0.492. The van der Waals surface area contributed by atoms with E-state index in [4.69, 9.17) is 9.26 Å². The van der Waals surface area contributed by atoms with Crippen molar-refractivity contribution >= 4 is 23.0 Å². The maximum atomic E-state index is 12.9. The van der Waals surface area contributed by atoms with Gasteiger partial charge in [-0.1, -0.05) is 32.9 Å². The molecule has 0 aliphatic carbocycles. The molecule has 0 aliphatic heterocycles. The topological polar surface area (TPSA) is 94.3 Å². The van der Waals surface area contributed by atoms with Crippen LogP contribution in [0.25, 0.3) is 11.1 Å². The van der Waals surface area contributed by atoms with Gasteiger partial charge < -0.3 is 14.6 Å². The van der Waals surface area contributed by atoms with Crippen LogP contribution in [-0.2, 0) is 9.53 Å². The van der Waals surface area contributed by atoms with Crippen LogP contribution in [0.5, 0.6) is 0 Å². The highest BCUT2D eigenvalue weighted by atomic mass is 16.5. The number of nitrogens with one attached hydrogen (secondary N) is 1. The Balaban J connectivity index is 2.43. The van der Waals surface area contributed by atoms with Gasteiger partial charge in [-0.15, -0.1) is 0 Å². The molecule has 136 valence electrons. The first-order valence-corrected chi connectivity index (χ1v) is 8.40. The second kappa shape index (κ2) is 7.63. The van der Waals surface area contributed by atoms with Crippen molar-refractivity contribution in [3.05, 3.63) is 23.0 Å². The number of carbonyl (C=O) groups excluding carboxylic acids is 2. The molecule has 0 spiro atoms. The van der Waals surface area contributed by atoms with Crippen molar-refractivity contribution in [2.24, 2.45) is 5.92 Å². The van der Waals surface area contributed by atoms with E-state index in [2.05, 4.69) is 15.5 Å². The minimum absolute atomic E-state index is 0.119. The maximum Gasteiger partial charge on any atom is 0.328 e. The lowest BCUT2D eigenvalue weighted by Gasteiger charge is -2.19. The summed E-state index contributed by atoms with van der Waals surface area (Å²) in [5.74, 6) is -0.478. The number of carbonyl (C=O) groups is 2. The van der Waals surface area contributed by atoms with E-state index >= 15 is 0 Å². The molecule has 0 aliphatic rings. The van der Waals surface area contributed by atoms with Crippen LogP contribution in [0.3, 0.4) is 0 Å². The number of hydrogen-bond acceptors (Lipinski definition) is 6. The van der Waals surface area contributed by atoms with Crippen LogP contribution in [0.2, 0.25) is 0 Å². The van der Waals surface area contributed by atoms with Crippen molar-refractivity contribution in [3.63, 3.8) is 0 Å². The lowest BCUT2D eigenvalue weighted by Crippen LogP contribution is -2.42. The molecule has 7 nitrogen and oxygen atoms in total. The van der Waals surface area contributed by atoms with Gasteiger partial charge in [0.2, 0.25) is 0 Å². The van der Waals surface area contributed by atoms with Gasteiger partial charge in [0.15, 0.2) is 0 Å². The summed E-state index contributed by atoms with van der Waals surface area (Å²) in [4.78, 5) is 29.3. The predicted molar refractivity (Wildman–Crippen MR) is 93.4 cm³/mol. The summed E-state index contributed by atoms with van der Waals surface area (Å²) in [6, 6.07) is 1.03. The number of aromatic nitrogens is 2. The molecule has 0 radical (unpaired) electrons. The van der Waals surface area contributed by atoms with Crippen molar-refractivity contribution in [1.82, 2.24) is 15.5 Å². The fraction of sp³-hybridized carbons (Fsp3) is 0.556. The molecule has 2 heterocycles. The SMILES string of the molecule is COC(=O)C(CC(C)C)NC(=O)c1cc(C(C)C)nc2onc(C)c12. The van der Waals surface area contributed by atoms with E-state index in [1.807, 2.05) is 27.7 Å². The Kier molecular flexibility index (Phi) is 5.77. The van der Waals surface area contributed by atoms with Gasteiger partial charge in [0.25, 0.3) is 11.6 Å². The van der Waals surface area contributed by atoms with Crippen LogP contribution < -0.4 is 5.32 Å². The zero-order valence-electron chi connectivity index (χ0n) is 15.5. The Morgan fingerprint density at radius 3 is 2.52 bits per heavy atom. The number of rotatable bonds is 6. The maximum absolute atomic E-state index is 12.9. The van der Waals surface area contributed by atoms with E-state index in [9.17, 15) is 9.59 Å². The smallest absolute Gasteiger partial charge is 0.328 e. The van der Waals surface area contributed by atoms with E-state index in [0.717, 1.165) is 5.69 Å².